The molecule has 4 heteroatoms. The summed E-state index contributed by atoms with van der Waals surface area (Å²) in [4.78, 5) is 26.2. The highest BCUT2D eigenvalue weighted by Gasteiger charge is 2.19. The van der Waals surface area contributed by atoms with Crippen LogP contribution >= 0.6 is 0 Å². The fourth-order valence-corrected chi connectivity index (χ4v) is 6.81. The molecule has 2 atom stereocenters. The molecule has 0 spiro atoms. The highest BCUT2D eigenvalue weighted by atomic mass is 16.5. The molecule has 0 aromatic heterocycles. The molecule has 0 amide bonds. The second kappa shape index (κ2) is 32.4. The first-order chi connectivity index (χ1) is 23.5. The SMILES string of the molecule is CCCCCCCCCCCCCCC(CCC)OC(=O)c1cccc(C(=O)OC(CCC)CCCCCCCCCCCCCC)c1. The van der Waals surface area contributed by atoms with Crippen molar-refractivity contribution in [3.05, 3.63) is 35.4 Å². The quantitative estimate of drug-likeness (QED) is 0.0541. The van der Waals surface area contributed by atoms with Crippen molar-refractivity contribution in [2.75, 3.05) is 0 Å². The molecule has 0 aliphatic carbocycles. The van der Waals surface area contributed by atoms with E-state index in [4.69, 9.17) is 9.47 Å². The summed E-state index contributed by atoms with van der Waals surface area (Å²) in [6.07, 6.45) is 37.2. The van der Waals surface area contributed by atoms with Crippen LogP contribution in [0.15, 0.2) is 24.3 Å². The molecule has 4 nitrogen and oxygen atoms in total. The maximum atomic E-state index is 13.1. The average Bonchev–Trinajstić information content (AvgIpc) is 3.09. The molecule has 0 aliphatic rings. The second-order valence-corrected chi connectivity index (χ2v) is 14.6. The van der Waals surface area contributed by atoms with Gasteiger partial charge in [-0.3, -0.25) is 0 Å². The average molecular weight is 671 g/mol. The van der Waals surface area contributed by atoms with Crippen LogP contribution < -0.4 is 0 Å². The summed E-state index contributed by atoms with van der Waals surface area (Å²) in [7, 11) is 0. The van der Waals surface area contributed by atoms with E-state index >= 15 is 0 Å². The lowest BCUT2D eigenvalue weighted by molar-refractivity contribution is 0.0252. The maximum Gasteiger partial charge on any atom is 0.338 e. The van der Waals surface area contributed by atoms with E-state index in [-0.39, 0.29) is 24.1 Å². The van der Waals surface area contributed by atoms with Crippen molar-refractivity contribution in [1.29, 1.82) is 0 Å². The minimum atomic E-state index is -0.330. The van der Waals surface area contributed by atoms with Crippen LogP contribution in [-0.2, 0) is 9.47 Å². The van der Waals surface area contributed by atoms with Gasteiger partial charge in [0.2, 0.25) is 0 Å². The summed E-state index contributed by atoms with van der Waals surface area (Å²) < 4.78 is 11.9. The molecule has 0 saturated carbocycles. The van der Waals surface area contributed by atoms with Gasteiger partial charge in [-0.2, -0.15) is 0 Å². The molecule has 278 valence electrons. The molecule has 0 bridgehead atoms. The molecular formula is C44H78O4. The predicted octanol–water partition coefficient (Wildman–Crippen LogP) is 14.5. The Morgan fingerprint density at radius 3 is 1.00 bits per heavy atom. The molecule has 48 heavy (non-hydrogen) atoms. The minimum absolute atomic E-state index is 0.0642. The van der Waals surface area contributed by atoms with Gasteiger partial charge in [0.1, 0.15) is 12.2 Å². The number of ether oxygens (including phenoxy) is 2. The van der Waals surface area contributed by atoms with Crippen LogP contribution in [0.3, 0.4) is 0 Å². The van der Waals surface area contributed by atoms with Crippen LogP contribution in [0.2, 0.25) is 0 Å². The Morgan fingerprint density at radius 2 is 0.708 bits per heavy atom. The van der Waals surface area contributed by atoms with E-state index in [0.29, 0.717) is 11.1 Å². The van der Waals surface area contributed by atoms with Gasteiger partial charge in [0, 0.05) is 0 Å². The summed E-state index contributed by atoms with van der Waals surface area (Å²) in [5.74, 6) is -0.660. The van der Waals surface area contributed by atoms with Crippen LogP contribution in [0.5, 0.6) is 0 Å². The van der Waals surface area contributed by atoms with Gasteiger partial charge < -0.3 is 9.47 Å². The molecule has 0 fully saturated rings. The lowest BCUT2D eigenvalue weighted by atomic mass is 10.0. The van der Waals surface area contributed by atoms with Gasteiger partial charge in [-0.25, -0.2) is 9.59 Å². The smallest absolute Gasteiger partial charge is 0.338 e. The van der Waals surface area contributed by atoms with E-state index < -0.39 is 0 Å². The summed E-state index contributed by atoms with van der Waals surface area (Å²) in [5, 5.41) is 0. The minimum Gasteiger partial charge on any atom is -0.459 e. The molecule has 1 aromatic rings. The van der Waals surface area contributed by atoms with Crippen LogP contribution in [0.25, 0.3) is 0 Å². The van der Waals surface area contributed by atoms with Gasteiger partial charge in [0.05, 0.1) is 11.1 Å². The van der Waals surface area contributed by atoms with E-state index in [1.807, 2.05) is 0 Å². The molecule has 2 unspecified atom stereocenters. The number of benzene rings is 1. The van der Waals surface area contributed by atoms with Gasteiger partial charge in [-0.1, -0.05) is 188 Å². The highest BCUT2D eigenvalue weighted by Crippen LogP contribution is 2.20. The topological polar surface area (TPSA) is 52.6 Å². The first-order valence-electron chi connectivity index (χ1n) is 21.1. The number of esters is 2. The second-order valence-electron chi connectivity index (χ2n) is 14.6. The third-order valence-electron chi connectivity index (χ3n) is 9.86. The summed E-state index contributed by atoms with van der Waals surface area (Å²) in [5.41, 5.74) is 0.876. The lowest BCUT2D eigenvalue weighted by Gasteiger charge is -2.19. The first kappa shape index (κ1) is 44.2. The normalized spacial score (nSPS) is 12.6. The van der Waals surface area contributed by atoms with Gasteiger partial charge in [0.15, 0.2) is 0 Å². The zero-order chi connectivity index (χ0) is 34.9. The highest BCUT2D eigenvalue weighted by molar-refractivity contribution is 5.95. The number of carbonyl (C=O) groups is 2. The molecule has 1 rings (SSSR count). The van der Waals surface area contributed by atoms with Gasteiger partial charge in [-0.15, -0.1) is 0 Å². The largest absolute Gasteiger partial charge is 0.459 e. The third kappa shape index (κ3) is 24.3. The maximum absolute atomic E-state index is 13.1. The lowest BCUT2D eigenvalue weighted by Crippen LogP contribution is -2.20. The molecule has 0 N–H and O–H groups in total. The van der Waals surface area contributed by atoms with E-state index in [1.54, 1.807) is 24.3 Å². The number of rotatable bonds is 34. The molecule has 0 saturated heterocycles. The summed E-state index contributed by atoms with van der Waals surface area (Å²) in [6, 6.07) is 6.93. The Hall–Kier alpha value is -1.84. The standard InChI is InChI=1S/C44H78O4/c1-5-9-11-13-15-17-19-21-23-25-27-29-36-41(32-7-3)47-43(45)39-34-31-35-40(38-39)44(46)48-42(33-8-4)37-30-28-26-24-22-20-18-16-14-12-10-6-2/h31,34-35,38,41-42H,5-30,32-33,36-37H2,1-4H3. The molecule has 0 aliphatic heterocycles. The van der Waals surface area contributed by atoms with E-state index in [9.17, 15) is 9.59 Å². The molecule has 0 radical (unpaired) electrons. The van der Waals surface area contributed by atoms with Crippen molar-refractivity contribution < 1.29 is 19.1 Å². The van der Waals surface area contributed by atoms with E-state index in [0.717, 1.165) is 51.4 Å². The third-order valence-corrected chi connectivity index (χ3v) is 9.86. The zero-order valence-electron chi connectivity index (χ0n) is 32.3. The predicted molar refractivity (Wildman–Crippen MR) is 206 cm³/mol. The van der Waals surface area contributed by atoms with Gasteiger partial charge >= 0.3 is 11.9 Å². The van der Waals surface area contributed by atoms with Crippen LogP contribution in [0, 0.1) is 0 Å². The van der Waals surface area contributed by atoms with Crippen LogP contribution in [0.1, 0.15) is 241 Å². The molecular weight excluding hydrogens is 592 g/mol. The molecule has 1 aromatic carbocycles. The monoisotopic (exact) mass is 671 g/mol. The number of carbonyl (C=O) groups excluding carboxylic acids is 2. The van der Waals surface area contributed by atoms with Crippen molar-refractivity contribution >= 4 is 11.9 Å². The van der Waals surface area contributed by atoms with Crippen molar-refractivity contribution in [3.63, 3.8) is 0 Å². The van der Waals surface area contributed by atoms with Crippen LogP contribution in [-0.4, -0.2) is 24.1 Å². The number of unbranched alkanes of at least 4 members (excludes halogenated alkanes) is 22. The van der Waals surface area contributed by atoms with Gasteiger partial charge in [0.25, 0.3) is 0 Å². The summed E-state index contributed by atoms with van der Waals surface area (Å²) in [6.45, 7) is 8.83. The fourth-order valence-electron chi connectivity index (χ4n) is 6.81. The van der Waals surface area contributed by atoms with Crippen molar-refractivity contribution in [1.82, 2.24) is 0 Å². The van der Waals surface area contributed by atoms with Crippen LogP contribution in [0.4, 0.5) is 0 Å². The Bertz CT molecular complexity index is 813. The Morgan fingerprint density at radius 1 is 0.417 bits per heavy atom. The Balaban J connectivity index is 2.36. The number of hydrogen-bond donors (Lipinski definition) is 0. The molecule has 0 heterocycles. The van der Waals surface area contributed by atoms with E-state index in [2.05, 4.69) is 27.7 Å². The zero-order valence-corrected chi connectivity index (χ0v) is 32.3. The fraction of sp³-hybridized carbons (Fsp3) is 0.818. The Labute approximate surface area is 298 Å². The summed E-state index contributed by atoms with van der Waals surface area (Å²) >= 11 is 0. The Kier molecular flexibility index (Phi) is 29.8. The van der Waals surface area contributed by atoms with Gasteiger partial charge in [-0.05, 0) is 56.7 Å². The van der Waals surface area contributed by atoms with Crippen molar-refractivity contribution in [2.45, 2.75) is 233 Å². The van der Waals surface area contributed by atoms with Crippen molar-refractivity contribution in [3.8, 4) is 0 Å². The first-order valence-corrected chi connectivity index (χ1v) is 21.1. The van der Waals surface area contributed by atoms with Crippen molar-refractivity contribution in [2.24, 2.45) is 0 Å². The van der Waals surface area contributed by atoms with E-state index in [1.165, 1.54) is 141 Å². The number of hydrogen-bond acceptors (Lipinski definition) is 4.